The van der Waals surface area contributed by atoms with Crippen molar-refractivity contribution < 1.29 is 0 Å². The van der Waals surface area contributed by atoms with Gasteiger partial charge in [-0.15, -0.1) is 0 Å². The van der Waals surface area contributed by atoms with Gasteiger partial charge in [-0.1, -0.05) is 42.0 Å². The Bertz CT molecular complexity index is 560. The summed E-state index contributed by atoms with van der Waals surface area (Å²) in [6, 6.07) is 17.9. The molecule has 1 atom stereocenters. The van der Waals surface area contributed by atoms with Crippen LogP contribution < -0.4 is 10.2 Å². The van der Waals surface area contributed by atoms with E-state index in [2.05, 4.69) is 72.7 Å². The molecule has 2 heteroatoms. The maximum absolute atomic E-state index is 3.51. The van der Waals surface area contributed by atoms with Crippen molar-refractivity contribution in [3.8, 4) is 0 Å². The van der Waals surface area contributed by atoms with Crippen LogP contribution in [0.4, 0.5) is 5.69 Å². The highest BCUT2D eigenvalue weighted by atomic mass is 15.2. The van der Waals surface area contributed by atoms with Gasteiger partial charge in [-0.25, -0.2) is 0 Å². The number of anilines is 1. The maximum Gasteiger partial charge on any atom is 0.0666 e. The molecule has 1 heterocycles. The summed E-state index contributed by atoms with van der Waals surface area (Å²) in [7, 11) is 2.18. The molecule has 1 unspecified atom stereocenters. The minimum absolute atomic E-state index is 0.410. The number of likely N-dealkylation sites (N-methyl/N-ethyl adjacent to an activating group) is 1. The first-order chi connectivity index (χ1) is 9.25. The molecule has 1 aliphatic heterocycles. The summed E-state index contributed by atoms with van der Waals surface area (Å²) in [5, 5.41) is 3.51. The van der Waals surface area contributed by atoms with E-state index in [9.17, 15) is 0 Å². The molecule has 3 rings (SSSR count). The fourth-order valence-corrected chi connectivity index (χ4v) is 2.78. The smallest absolute Gasteiger partial charge is 0.0666 e. The Kier molecular flexibility index (Phi) is 3.26. The Balaban J connectivity index is 1.92. The lowest BCUT2D eigenvalue weighted by Gasteiger charge is -2.35. The van der Waals surface area contributed by atoms with Crippen molar-refractivity contribution in [2.45, 2.75) is 19.5 Å². The SMILES string of the molecule is Cc1ccc(N(C)C2CNCc3ccccc32)cc1. The topological polar surface area (TPSA) is 15.3 Å². The van der Waals surface area contributed by atoms with Gasteiger partial charge in [-0.05, 0) is 30.2 Å². The van der Waals surface area contributed by atoms with Gasteiger partial charge in [0.1, 0.15) is 0 Å². The van der Waals surface area contributed by atoms with Crippen LogP contribution in [0.15, 0.2) is 48.5 Å². The highest BCUT2D eigenvalue weighted by molar-refractivity contribution is 5.50. The van der Waals surface area contributed by atoms with Crippen LogP contribution in [0.5, 0.6) is 0 Å². The number of nitrogens with zero attached hydrogens (tertiary/aromatic N) is 1. The van der Waals surface area contributed by atoms with Crippen molar-refractivity contribution in [3.63, 3.8) is 0 Å². The Morgan fingerprint density at radius 1 is 1.05 bits per heavy atom. The maximum atomic E-state index is 3.51. The van der Waals surface area contributed by atoms with Gasteiger partial charge in [0.15, 0.2) is 0 Å². The molecule has 0 radical (unpaired) electrons. The van der Waals surface area contributed by atoms with Crippen LogP contribution in [0.2, 0.25) is 0 Å². The number of nitrogens with one attached hydrogen (secondary N) is 1. The Morgan fingerprint density at radius 3 is 2.58 bits per heavy atom. The molecule has 98 valence electrons. The van der Waals surface area contributed by atoms with Crippen molar-refractivity contribution in [2.24, 2.45) is 0 Å². The van der Waals surface area contributed by atoms with E-state index < -0.39 is 0 Å². The first-order valence-electron chi connectivity index (χ1n) is 6.84. The zero-order valence-corrected chi connectivity index (χ0v) is 11.6. The van der Waals surface area contributed by atoms with E-state index in [4.69, 9.17) is 0 Å². The van der Waals surface area contributed by atoms with Crippen LogP contribution in [0.3, 0.4) is 0 Å². The minimum Gasteiger partial charge on any atom is -0.366 e. The number of aryl methyl sites for hydroxylation is 1. The van der Waals surface area contributed by atoms with Crippen molar-refractivity contribution in [1.29, 1.82) is 0 Å². The molecule has 0 bridgehead atoms. The number of fused-ring (bicyclic) bond motifs is 1. The van der Waals surface area contributed by atoms with E-state index in [0.29, 0.717) is 6.04 Å². The Hall–Kier alpha value is -1.80. The molecule has 0 saturated heterocycles. The number of hydrogen-bond acceptors (Lipinski definition) is 2. The average molecular weight is 252 g/mol. The van der Waals surface area contributed by atoms with Crippen LogP contribution in [0.25, 0.3) is 0 Å². The van der Waals surface area contributed by atoms with E-state index in [1.54, 1.807) is 0 Å². The normalized spacial score (nSPS) is 17.9. The van der Waals surface area contributed by atoms with Crippen molar-refractivity contribution in [2.75, 3.05) is 18.5 Å². The molecule has 2 aromatic carbocycles. The second kappa shape index (κ2) is 5.06. The lowest BCUT2D eigenvalue weighted by Crippen LogP contribution is -2.37. The molecule has 0 spiro atoms. The third-order valence-corrected chi connectivity index (χ3v) is 3.98. The number of hydrogen-bond donors (Lipinski definition) is 1. The molecule has 1 aliphatic rings. The summed E-state index contributed by atoms with van der Waals surface area (Å²) < 4.78 is 0. The fraction of sp³-hybridized carbons (Fsp3) is 0.294. The first-order valence-corrected chi connectivity index (χ1v) is 6.84. The molecule has 1 N–H and O–H groups in total. The van der Waals surface area contributed by atoms with Gasteiger partial charge in [-0.2, -0.15) is 0 Å². The highest BCUT2D eigenvalue weighted by Gasteiger charge is 2.23. The van der Waals surface area contributed by atoms with Crippen molar-refractivity contribution in [3.05, 3.63) is 65.2 Å². The average Bonchev–Trinajstić information content (AvgIpc) is 2.47. The van der Waals surface area contributed by atoms with Crippen LogP contribution in [-0.4, -0.2) is 13.6 Å². The fourth-order valence-electron chi connectivity index (χ4n) is 2.78. The van der Waals surface area contributed by atoms with Gasteiger partial charge >= 0.3 is 0 Å². The summed E-state index contributed by atoms with van der Waals surface area (Å²) in [4.78, 5) is 2.37. The number of rotatable bonds is 2. The van der Waals surface area contributed by atoms with E-state index in [1.165, 1.54) is 22.4 Å². The molecular weight excluding hydrogens is 232 g/mol. The van der Waals surface area contributed by atoms with Gasteiger partial charge in [-0.3, -0.25) is 0 Å². The zero-order valence-electron chi connectivity index (χ0n) is 11.6. The van der Waals surface area contributed by atoms with Gasteiger partial charge in [0.25, 0.3) is 0 Å². The largest absolute Gasteiger partial charge is 0.366 e. The molecule has 0 amide bonds. The second-order valence-electron chi connectivity index (χ2n) is 5.29. The van der Waals surface area contributed by atoms with Crippen LogP contribution in [0.1, 0.15) is 22.7 Å². The second-order valence-corrected chi connectivity index (χ2v) is 5.29. The predicted molar refractivity (Wildman–Crippen MR) is 80.5 cm³/mol. The van der Waals surface area contributed by atoms with Crippen molar-refractivity contribution in [1.82, 2.24) is 5.32 Å². The van der Waals surface area contributed by atoms with Crippen LogP contribution >= 0.6 is 0 Å². The van der Waals surface area contributed by atoms with Gasteiger partial charge < -0.3 is 10.2 Å². The monoisotopic (exact) mass is 252 g/mol. The lowest BCUT2D eigenvalue weighted by atomic mass is 9.95. The molecular formula is C17H20N2. The van der Waals surface area contributed by atoms with Gasteiger partial charge in [0.05, 0.1) is 6.04 Å². The number of benzene rings is 2. The van der Waals surface area contributed by atoms with Crippen molar-refractivity contribution >= 4 is 5.69 Å². The van der Waals surface area contributed by atoms with E-state index in [0.717, 1.165) is 13.1 Å². The quantitative estimate of drug-likeness (QED) is 0.882. The Labute approximate surface area is 115 Å². The molecule has 0 saturated carbocycles. The summed E-state index contributed by atoms with van der Waals surface area (Å²) >= 11 is 0. The summed E-state index contributed by atoms with van der Waals surface area (Å²) in [6.07, 6.45) is 0. The molecule has 2 nitrogen and oxygen atoms in total. The summed E-state index contributed by atoms with van der Waals surface area (Å²) in [5.74, 6) is 0. The van der Waals surface area contributed by atoms with Crippen LogP contribution in [-0.2, 0) is 6.54 Å². The van der Waals surface area contributed by atoms with Gasteiger partial charge in [0, 0.05) is 25.8 Å². The molecule has 0 aromatic heterocycles. The van der Waals surface area contributed by atoms with Crippen LogP contribution in [0, 0.1) is 6.92 Å². The lowest BCUT2D eigenvalue weighted by molar-refractivity contribution is 0.535. The van der Waals surface area contributed by atoms with Gasteiger partial charge in [0.2, 0.25) is 0 Å². The molecule has 0 aliphatic carbocycles. The molecule has 2 aromatic rings. The Morgan fingerprint density at radius 2 is 1.79 bits per heavy atom. The third-order valence-electron chi connectivity index (χ3n) is 3.98. The summed E-state index contributed by atoms with van der Waals surface area (Å²) in [5.41, 5.74) is 5.44. The van der Waals surface area contributed by atoms with E-state index in [1.807, 2.05) is 0 Å². The third kappa shape index (κ3) is 2.36. The predicted octanol–water partition coefficient (Wildman–Crippen LogP) is 3.28. The zero-order chi connectivity index (χ0) is 13.2. The molecule has 19 heavy (non-hydrogen) atoms. The summed E-state index contributed by atoms with van der Waals surface area (Å²) in [6.45, 7) is 4.11. The molecule has 0 fully saturated rings. The highest BCUT2D eigenvalue weighted by Crippen LogP contribution is 2.29. The standard InChI is InChI=1S/C17H20N2/c1-13-7-9-15(10-8-13)19(2)17-12-18-11-14-5-3-4-6-16(14)17/h3-10,17-18H,11-12H2,1-2H3. The van der Waals surface area contributed by atoms with E-state index in [-0.39, 0.29) is 0 Å². The van der Waals surface area contributed by atoms with E-state index >= 15 is 0 Å². The first kappa shape index (κ1) is 12.2. The minimum atomic E-state index is 0.410.